The van der Waals surface area contributed by atoms with Crippen LogP contribution in [0, 0.1) is 5.82 Å². The fourth-order valence-electron chi connectivity index (χ4n) is 3.42. The number of nitrogens with two attached hydrogens (primary N) is 1. The SMILES string of the molecule is C[C@H](c1ccc(C(F)(F)F)nn1)N(C)C(=O)c1cc2c(cc1F)nc(N)c1cnn(C)c12. The van der Waals surface area contributed by atoms with Crippen LogP contribution in [-0.2, 0) is 13.2 Å². The summed E-state index contributed by atoms with van der Waals surface area (Å²) in [6.07, 6.45) is -3.10. The second kappa shape index (κ2) is 7.39. The van der Waals surface area contributed by atoms with E-state index in [2.05, 4.69) is 20.3 Å². The Balaban J connectivity index is 1.72. The number of fused-ring (bicyclic) bond motifs is 3. The Kier molecular flexibility index (Phi) is 4.94. The van der Waals surface area contributed by atoms with Gasteiger partial charge in [-0.05, 0) is 25.1 Å². The first kappa shape index (κ1) is 21.4. The first-order valence-electron chi connectivity index (χ1n) is 9.37. The highest BCUT2D eigenvalue weighted by Gasteiger charge is 2.33. The van der Waals surface area contributed by atoms with Crippen molar-refractivity contribution in [2.45, 2.75) is 19.1 Å². The van der Waals surface area contributed by atoms with Gasteiger partial charge in [-0.15, -0.1) is 5.10 Å². The zero-order valence-corrected chi connectivity index (χ0v) is 17.1. The van der Waals surface area contributed by atoms with E-state index in [0.29, 0.717) is 16.3 Å². The van der Waals surface area contributed by atoms with Crippen LogP contribution in [-0.4, -0.2) is 42.8 Å². The first-order chi connectivity index (χ1) is 15.0. The van der Waals surface area contributed by atoms with Gasteiger partial charge in [0.25, 0.3) is 5.91 Å². The summed E-state index contributed by atoms with van der Waals surface area (Å²) in [7, 11) is 3.08. The molecule has 32 heavy (non-hydrogen) atoms. The molecule has 1 aromatic carbocycles. The molecule has 0 fully saturated rings. The number of carbonyl (C=O) groups is 1. The minimum atomic E-state index is -4.63. The molecule has 0 radical (unpaired) electrons. The molecule has 1 amide bonds. The molecule has 8 nitrogen and oxygen atoms in total. The molecule has 0 saturated heterocycles. The summed E-state index contributed by atoms with van der Waals surface area (Å²) < 4.78 is 54.5. The van der Waals surface area contributed by atoms with Gasteiger partial charge in [-0.2, -0.15) is 23.4 Å². The lowest BCUT2D eigenvalue weighted by Gasteiger charge is -2.24. The smallest absolute Gasteiger partial charge is 0.383 e. The van der Waals surface area contributed by atoms with Crippen molar-refractivity contribution in [3.8, 4) is 0 Å². The Morgan fingerprint density at radius 1 is 1.19 bits per heavy atom. The normalized spacial score (nSPS) is 13.0. The number of rotatable bonds is 3. The number of alkyl halides is 3. The van der Waals surface area contributed by atoms with E-state index in [4.69, 9.17) is 5.73 Å². The molecular formula is C20H17F4N7O. The number of anilines is 1. The van der Waals surface area contributed by atoms with Crippen molar-refractivity contribution in [3.63, 3.8) is 0 Å². The molecule has 0 aliphatic rings. The van der Waals surface area contributed by atoms with Crippen LogP contribution in [0.4, 0.5) is 23.4 Å². The first-order valence-corrected chi connectivity index (χ1v) is 9.37. The van der Waals surface area contributed by atoms with Crippen LogP contribution in [0.3, 0.4) is 0 Å². The third-order valence-electron chi connectivity index (χ3n) is 5.33. The fraction of sp³-hybridized carbons (Fsp3) is 0.250. The lowest BCUT2D eigenvalue weighted by Crippen LogP contribution is -2.31. The maximum absolute atomic E-state index is 14.8. The lowest BCUT2D eigenvalue weighted by atomic mass is 10.1. The van der Waals surface area contributed by atoms with Crippen molar-refractivity contribution in [1.29, 1.82) is 0 Å². The maximum Gasteiger partial charge on any atom is 0.435 e. The number of hydrogen-bond donors (Lipinski definition) is 1. The number of carbonyl (C=O) groups excluding carboxylic acids is 1. The number of hydrogen-bond acceptors (Lipinski definition) is 6. The van der Waals surface area contributed by atoms with Gasteiger partial charge >= 0.3 is 6.18 Å². The molecule has 0 aliphatic heterocycles. The highest BCUT2D eigenvalue weighted by atomic mass is 19.4. The van der Waals surface area contributed by atoms with E-state index < -0.39 is 29.6 Å². The molecule has 12 heteroatoms. The molecule has 0 aliphatic carbocycles. The van der Waals surface area contributed by atoms with Gasteiger partial charge in [0.2, 0.25) is 0 Å². The van der Waals surface area contributed by atoms with Gasteiger partial charge in [-0.1, -0.05) is 0 Å². The number of aryl methyl sites for hydroxylation is 1. The van der Waals surface area contributed by atoms with Gasteiger partial charge in [0.1, 0.15) is 11.6 Å². The number of aromatic nitrogens is 5. The Hall–Kier alpha value is -3.83. The van der Waals surface area contributed by atoms with Crippen LogP contribution in [0.25, 0.3) is 21.8 Å². The predicted molar refractivity (Wildman–Crippen MR) is 108 cm³/mol. The Morgan fingerprint density at radius 3 is 2.53 bits per heavy atom. The standard InChI is InChI=1S/C20H17F4N7O/c1-9(14-4-5-16(29-28-14)20(22,23)24)30(2)19(32)10-6-11-15(7-13(10)21)27-18(25)12-8-26-31(3)17(11)12/h4-9H,1-3H3,(H2,25,27)/t9-/m1/s1. The summed E-state index contributed by atoms with van der Waals surface area (Å²) in [6, 6.07) is 3.62. The van der Waals surface area contributed by atoms with Crippen LogP contribution in [0.15, 0.2) is 30.5 Å². The third-order valence-corrected chi connectivity index (χ3v) is 5.33. The molecule has 3 heterocycles. The number of nitrogen functional groups attached to an aromatic ring is 1. The summed E-state index contributed by atoms with van der Waals surface area (Å²) in [4.78, 5) is 18.4. The monoisotopic (exact) mass is 447 g/mol. The molecule has 0 spiro atoms. The number of pyridine rings is 1. The molecule has 4 rings (SSSR count). The highest BCUT2D eigenvalue weighted by molar-refractivity contribution is 6.10. The largest absolute Gasteiger partial charge is 0.435 e. The van der Waals surface area contributed by atoms with Gasteiger partial charge in [0.15, 0.2) is 5.69 Å². The molecule has 2 N–H and O–H groups in total. The zero-order chi connectivity index (χ0) is 23.4. The number of benzene rings is 1. The summed E-state index contributed by atoms with van der Waals surface area (Å²) >= 11 is 0. The molecular weight excluding hydrogens is 430 g/mol. The van der Waals surface area contributed by atoms with Gasteiger partial charge in [0.05, 0.1) is 39.9 Å². The Bertz CT molecular complexity index is 1350. The lowest BCUT2D eigenvalue weighted by molar-refractivity contribution is -0.141. The quantitative estimate of drug-likeness (QED) is 0.483. The third kappa shape index (κ3) is 3.47. The second-order valence-corrected chi connectivity index (χ2v) is 7.31. The molecule has 166 valence electrons. The summed E-state index contributed by atoms with van der Waals surface area (Å²) in [6.45, 7) is 1.55. The van der Waals surface area contributed by atoms with Crippen LogP contribution in [0.2, 0.25) is 0 Å². The van der Waals surface area contributed by atoms with E-state index in [-0.39, 0.29) is 22.6 Å². The maximum atomic E-state index is 14.8. The summed E-state index contributed by atoms with van der Waals surface area (Å²) in [5, 5.41) is 11.9. The molecule has 4 aromatic rings. The highest BCUT2D eigenvalue weighted by Crippen LogP contribution is 2.31. The zero-order valence-electron chi connectivity index (χ0n) is 17.1. The van der Waals surface area contributed by atoms with E-state index in [1.165, 1.54) is 24.2 Å². The van der Waals surface area contributed by atoms with Gasteiger partial charge in [0, 0.05) is 25.5 Å². The van der Waals surface area contributed by atoms with E-state index in [0.717, 1.165) is 18.2 Å². The number of nitrogens with zero attached hydrogens (tertiary/aromatic N) is 6. The minimum Gasteiger partial charge on any atom is -0.383 e. The van der Waals surface area contributed by atoms with E-state index in [1.54, 1.807) is 18.7 Å². The molecule has 3 aromatic heterocycles. The van der Waals surface area contributed by atoms with Crippen LogP contribution < -0.4 is 5.73 Å². The Morgan fingerprint density at radius 2 is 1.91 bits per heavy atom. The predicted octanol–water partition coefficient (Wildman–Crippen LogP) is 3.48. The minimum absolute atomic E-state index is 0.124. The van der Waals surface area contributed by atoms with E-state index in [9.17, 15) is 22.4 Å². The van der Waals surface area contributed by atoms with E-state index >= 15 is 0 Å². The topological polar surface area (TPSA) is 103 Å². The molecule has 0 saturated carbocycles. The van der Waals surface area contributed by atoms with Crippen molar-refractivity contribution in [1.82, 2.24) is 29.9 Å². The van der Waals surface area contributed by atoms with E-state index in [1.807, 2.05) is 0 Å². The van der Waals surface area contributed by atoms with Crippen LogP contribution >= 0.6 is 0 Å². The van der Waals surface area contributed by atoms with Gasteiger partial charge in [-0.25, -0.2) is 9.37 Å². The van der Waals surface area contributed by atoms with Crippen molar-refractivity contribution in [2.24, 2.45) is 7.05 Å². The van der Waals surface area contributed by atoms with Crippen LogP contribution in [0.1, 0.15) is 34.7 Å². The van der Waals surface area contributed by atoms with Gasteiger partial charge < -0.3 is 10.6 Å². The average molecular weight is 447 g/mol. The molecule has 0 bridgehead atoms. The average Bonchev–Trinajstić information content (AvgIpc) is 3.14. The van der Waals surface area contributed by atoms with Crippen LogP contribution in [0.5, 0.6) is 0 Å². The summed E-state index contributed by atoms with van der Waals surface area (Å²) in [5.41, 5.74) is 5.52. The Labute approximate surface area is 178 Å². The number of amides is 1. The second-order valence-electron chi connectivity index (χ2n) is 7.31. The van der Waals surface area contributed by atoms with Gasteiger partial charge in [-0.3, -0.25) is 9.48 Å². The molecule has 0 unspecified atom stereocenters. The van der Waals surface area contributed by atoms with Crippen molar-refractivity contribution < 1.29 is 22.4 Å². The van der Waals surface area contributed by atoms with Crippen molar-refractivity contribution >= 4 is 33.5 Å². The number of halogens is 4. The fourth-order valence-corrected chi connectivity index (χ4v) is 3.42. The molecule has 1 atom stereocenters. The summed E-state index contributed by atoms with van der Waals surface area (Å²) in [5.74, 6) is -1.31. The van der Waals surface area contributed by atoms with Crippen molar-refractivity contribution in [2.75, 3.05) is 12.8 Å². The van der Waals surface area contributed by atoms with Crippen molar-refractivity contribution in [3.05, 3.63) is 53.2 Å².